The predicted molar refractivity (Wildman–Crippen MR) is 87.2 cm³/mol. The molecule has 1 heterocycles. The summed E-state index contributed by atoms with van der Waals surface area (Å²) in [6, 6.07) is 7.90. The Hall–Kier alpha value is -1.50. The quantitative estimate of drug-likeness (QED) is 0.486. The Morgan fingerprint density at radius 1 is 1.48 bits per heavy atom. The Balaban J connectivity index is 2.36. The minimum atomic E-state index is -0.319. The van der Waals surface area contributed by atoms with Crippen LogP contribution in [0.5, 0.6) is 0 Å². The molecular formula is C15H21N3O2S. The van der Waals surface area contributed by atoms with Gasteiger partial charge in [0.05, 0.1) is 12.1 Å². The summed E-state index contributed by atoms with van der Waals surface area (Å²) in [7, 11) is 2.03. The normalized spacial score (nSPS) is 12.8. The van der Waals surface area contributed by atoms with Gasteiger partial charge in [0.1, 0.15) is 11.3 Å². The number of carbonyl (C=O) groups excluding carboxylic acids is 1. The number of benzene rings is 1. The van der Waals surface area contributed by atoms with Gasteiger partial charge in [0.15, 0.2) is 0 Å². The van der Waals surface area contributed by atoms with Crippen molar-refractivity contribution in [3.63, 3.8) is 0 Å². The number of fused-ring (bicyclic) bond motifs is 1. The number of carbonyl (C=O) groups is 1. The number of nitrogens with one attached hydrogen (secondary N) is 1. The second kappa shape index (κ2) is 6.98. The molecule has 1 amide bonds. The van der Waals surface area contributed by atoms with Crippen molar-refractivity contribution in [2.45, 2.75) is 19.5 Å². The lowest BCUT2D eigenvalue weighted by Gasteiger charge is -2.23. The molecule has 0 saturated heterocycles. The van der Waals surface area contributed by atoms with Gasteiger partial charge in [-0.05, 0) is 26.3 Å². The Kier molecular flexibility index (Phi) is 5.27. The van der Waals surface area contributed by atoms with Gasteiger partial charge >= 0.3 is 0 Å². The summed E-state index contributed by atoms with van der Waals surface area (Å²) < 4.78 is 5.86. The third kappa shape index (κ3) is 3.40. The predicted octanol–water partition coefficient (Wildman–Crippen LogP) is 2.22. The van der Waals surface area contributed by atoms with Crippen molar-refractivity contribution in [2.24, 2.45) is 5.84 Å². The summed E-state index contributed by atoms with van der Waals surface area (Å²) in [5.41, 5.74) is 3.44. The van der Waals surface area contributed by atoms with Crippen LogP contribution in [-0.4, -0.2) is 35.9 Å². The fourth-order valence-corrected chi connectivity index (χ4v) is 3.02. The Bertz CT molecular complexity index is 626. The van der Waals surface area contributed by atoms with Gasteiger partial charge in [-0.3, -0.25) is 15.1 Å². The van der Waals surface area contributed by atoms with E-state index in [0.29, 0.717) is 29.5 Å². The third-order valence-electron chi connectivity index (χ3n) is 3.58. The van der Waals surface area contributed by atoms with Gasteiger partial charge in [-0.2, -0.15) is 11.8 Å². The molecule has 1 unspecified atom stereocenters. The van der Waals surface area contributed by atoms with Gasteiger partial charge < -0.3 is 4.42 Å². The van der Waals surface area contributed by atoms with Crippen LogP contribution < -0.4 is 11.3 Å². The van der Waals surface area contributed by atoms with Crippen LogP contribution in [0.1, 0.15) is 23.0 Å². The van der Waals surface area contributed by atoms with Gasteiger partial charge in [0.25, 0.3) is 5.91 Å². The first-order valence-corrected chi connectivity index (χ1v) is 8.18. The van der Waals surface area contributed by atoms with Gasteiger partial charge in [-0.15, -0.1) is 0 Å². The molecule has 6 heteroatoms. The Labute approximate surface area is 128 Å². The standard InChI is InChI=1S/C15H21N3O2S/c1-10(9-21-3)18(2)8-13-14(15(19)17-16)11-6-4-5-7-12(11)20-13/h4-7,10H,8-9,16H2,1-3H3,(H,17,19). The number of para-hydroxylation sites is 1. The smallest absolute Gasteiger partial charge is 0.269 e. The number of nitrogens with two attached hydrogens (primary N) is 1. The highest BCUT2D eigenvalue weighted by Crippen LogP contribution is 2.27. The number of amides is 1. The fraction of sp³-hybridized carbons (Fsp3) is 0.400. The zero-order valence-corrected chi connectivity index (χ0v) is 13.4. The van der Waals surface area contributed by atoms with E-state index in [1.165, 1.54) is 0 Å². The molecule has 2 rings (SSSR count). The van der Waals surface area contributed by atoms with E-state index in [4.69, 9.17) is 10.3 Å². The number of thioether (sulfide) groups is 1. The third-order valence-corrected chi connectivity index (χ3v) is 4.40. The van der Waals surface area contributed by atoms with Crippen LogP contribution in [0, 0.1) is 0 Å². The van der Waals surface area contributed by atoms with E-state index in [-0.39, 0.29) is 5.91 Å². The number of hydrogen-bond donors (Lipinski definition) is 2. The summed E-state index contributed by atoms with van der Waals surface area (Å²) in [5, 5.41) is 0.793. The molecule has 0 spiro atoms. The molecule has 0 aliphatic carbocycles. The number of hydrazine groups is 1. The van der Waals surface area contributed by atoms with E-state index in [1.54, 1.807) is 11.8 Å². The molecule has 1 atom stereocenters. The highest BCUT2D eigenvalue weighted by Gasteiger charge is 2.22. The molecule has 21 heavy (non-hydrogen) atoms. The first-order chi connectivity index (χ1) is 10.1. The van der Waals surface area contributed by atoms with E-state index in [9.17, 15) is 4.79 Å². The minimum Gasteiger partial charge on any atom is -0.459 e. The molecule has 0 bridgehead atoms. The molecule has 1 aromatic carbocycles. The second-order valence-corrected chi connectivity index (χ2v) is 6.00. The van der Waals surface area contributed by atoms with E-state index < -0.39 is 0 Å². The number of rotatable bonds is 6. The van der Waals surface area contributed by atoms with E-state index in [1.807, 2.05) is 31.3 Å². The van der Waals surface area contributed by atoms with Crippen molar-refractivity contribution in [2.75, 3.05) is 19.1 Å². The van der Waals surface area contributed by atoms with Crippen LogP contribution >= 0.6 is 11.8 Å². The molecule has 1 aromatic heterocycles. The van der Waals surface area contributed by atoms with Crippen molar-refractivity contribution >= 4 is 28.6 Å². The summed E-state index contributed by atoms with van der Waals surface area (Å²) in [5.74, 6) is 6.66. The maximum atomic E-state index is 12.1. The molecule has 5 nitrogen and oxygen atoms in total. The SMILES string of the molecule is CSCC(C)N(C)Cc1oc2ccccc2c1C(=O)NN. The van der Waals surface area contributed by atoms with Crippen LogP contribution in [0.3, 0.4) is 0 Å². The number of nitrogen functional groups attached to an aromatic ring is 1. The van der Waals surface area contributed by atoms with E-state index >= 15 is 0 Å². The topological polar surface area (TPSA) is 71.5 Å². The molecule has 0 radical (unpaired) electrons. The lowest BCUT2D eigenvalue weighted by molar-refractivity contribution is 0.0951. The van der Waals surface area contributed by atoms with Crippen LogP contribution in [-0.2, 0) is 6.54 Å². The molecule has 0 fully saturated rings. The van der Waals surface area contributed by atoms with E-state index in [2.05, 4.69) is 23.5 Å². The molecule has 0 saturated carbocycles. The van der Waals surface area contributed by atoms with Crippen molar-refractivity contribution in [3.8, 4) is 0 Å². The zero-order valence-electron chi connectivity index (χ0n) is 12.6. The van der Waals surface area contributed by atoms with Gasteiger partial charge in [0, 0.05) is 17.2 Å². The maximum absolute atomic E-state index is 12.1. The summed E-state index contributed by atoms with van der Waals surface area (Å²) in [4.78, 5) is 14.2. The maximum Gasteiger partial charge on any atom is 0.269 e. The van der Waals surface area contributed by atoms with Gasteiger partial charge in [-0.1, -0.05) is 18.2 Å². The van der Waals surface area contributed by atoms with Gasteiger partial charge in [0.2, 0.25) is 0 Å². The molecule has 114 valence electrons. The van der Waals surface area contributed by atoms with Crippen LogP contribution in [0.25, 0.3) is 11.0 Å². The van der Waals surface area contributed by atoms with Crippen LogP contribution in [0.2, 0.25) is 0 Å². The first-order valence-electron chi connectivity index (χ1n) is 6.79. The van der Waals surface area contributed by atoms with Crippen LogP contribution in [0.15, 0.2) is 28.7 Å². The number of nitrogens with zero attached hydrogens (tertiary/aromatic N) is 1. The minimum absolute atomic E-state index is 0.319. The van der Waals surface area contributed by atoms with Crippen molar-refractivity contribution in [3.05, 3.63) is 35.6 Å². The number of furan rings is 1. The lowest BCUT2D eigenvalue weighted by atomic mass is 10.1. The average molecular weight is 307 g/mol. The zero-order chi connectivity index (χ0) is 15.4. The van der Waals surface area contributed by atoms with Crippen molar-refractivity contribution < 1.29 is 9.21 Å². The Morgan fingerprint density at radius 2 is 2.19 bits per heavy atom. The molecular weight excluding hydrogens is 286 g/mol. The highest BCUT2D eigenvalue weighted by atomic mass is 32.2. The molecule has 3 N–H and O–H groups in total. The fourth-order valence-electron chi connectivity index (χ4n) is 2.28. The van der Waals surface area contributed by atoms with Crippen molar-refractivity contribution in [1.29, 1.82) is 0 Å². The molecule has 0 aliphatic rings. The van der Waals surface area contributed by atoms with Crippen LogP contribution in [0.4, 0.5) is 0 Å². The monoisotopic (exact) mass is 307 g/mol. The van der Waals surface area contributed by atoms with Crippen molar-refractivity contribution in [1.82, 2.24) is 10.3 Å². The van der Waals surface area contributed by atoms with Gasteiger partial charge in [-0.25, -0.2) is 5.84 Å². The molecule has 2 aromatic rings. The number of hydrogen-bond acceptors (Lipinski definition) is 5. The largest absolute Gasteiger partial charge is 0.459 e. The summed E-state index contributed by atoms with van der Waals surface area (Å²) in [6.07, 6.45) is 2.08. The average Bonchev–Trinajstić information content (AvgIpc) is 2.84. The van der Waals surface area contributed by atoms with E-state index in [0.717, 1.165) is 11.1 Å². The first kappa shape index (κ1) is 15.9. The summed E-state index contributed by atoms with van der Waals surface area (Å²) in [6.45, 7) is 2.72. The lowest BCUT2D eigenvalue weighted by Crippen LogP contribution is -2.33. The second-order valence-electron chi connectivity index (χ2n) is 5.09. The Morgan fingerprint density at radius 3 is 2.86 bits per heavy atom. The summed E-state index contributed by atoms with van der Waals surface area (Å²) >= 11 is 1.80. The highest BCUT2D eigenvalue weighted by molar-refractivity contribution is 7.98. The molecule has 0 aliphatic heterocycles.